The van der Waals surface area contributed by atoms with Gasteiger partial charge in [0, 0.05) is 39.0 Å². The molecule has 0 bridgehead atoms. The highest BCUT2D eigenvalue weighted by Gasteiger charge is 2.24. The molecule has 51 heavy (non-hydrogen) atoms. The van der Waals surface area contributed by atoms with Gasteiger partial charge in [-0.15, -0.1) is 0 Å². The van der Waals surface area contributed by atoms with Crippen LogP contribution in [0.1, 0.15) is 28.7 Å². The van der Waals surface area contributed by atoms with Crippen LogP contribution in [0.15, 0.2) is 151 Å². The highest BCUT2D eigenvalue weighted by atomic mass is 15.0. The molecule has 0 amide bonds. The lowest BCUT2D eigenvalue weighted by atomic mass is 9.84. The van der Waals surface area contributed by atoms with Crippen molar-refractivity contribution in [2.75, 3.05) is 5.32 Å². The fourth-order valence-electron chi connectivity index (χ4n) is 7.28. The van der Waals surface area contributed by atoms with Gasteiger partial charge in [-0.25, -0.2) is 0 Å². The molecular weight excluding hydrogens is 623 g/mol. The smallest absolute Gasteiger partial charge is 0.0992 e. The van der Waals surface area contributed by atoms with Crippen molar-refractivity contribution < 1.29 is 0 Å². The minimum absolute atomic E-state index is 0.292. The average molecular weight is 654 g/mol. The minimum atomic E-state index is -0.292. The highest BCUT2D eigenvalue weighted by Crippen LogP contribution is 2.39. The number of rotatable bonds is 6. The number of anilines is 1. The first-order valence-corrected chi connectivity index (χ1v) is 16.9. The van der Waals surface area contributed by atoms with Crippen LogP contribution in [-0.4, -0.2) is 4.57 Å². The third-order valence-electron chi connectivity index (χ3n) is 9.72. The molecule has 0 aliphatic heterocycles. The summed E-state index contributed by atoms with van der Waals surface area (Å²) in [7, 11) is 0. The number of para-hydroxylation sites is 1. The molecular formula is C46H31N5. The molecule has 5 nitrogen and oxygen atoms in total. The molecule has 240 valence electrons. The Balaban J connectivity index is 1.22. The van der Waals surface area contributed by atoms with E-state index in [1.165, 1.54) is 0 Å². The zero-order valence-corrected chi connectivity index (χ0v) is 27.9. The topological polar surface area (TPSA) is 88.3 Å². The molecule has 0 saturated heterocycles. The van der Waals surface area contributed by atoms with Crippen molar-refractivity contribution >= 4 is 33.1 Å². The van der Waals surface area contributed by atoms with Gasteiger partial charge in [-0.2, -0.15) is 15.8 Å². The van der Waals surface area contributed by atoms with Gasteiger partial charge in [0.2, 0.25) is 0 Å². The molecule has 1 N–H and O–H groups in total. The van der Waals surface area contributed by atoms with E-state index in [9.17, 15) is 15.8 Å². The number of allylic oxidation sites excluding steroid dienone is 3. The SMILES string of the molecule is Cc1ccccc1C1=C(Nc2cc(C#N)ccc2-c2cccc(-c3cccc(-n4c5ccccc5c5cc(C#N)ccc54)c3)c2)C=CCC1C#N. The van der Waals surface area contributed by atoms with Gasteiger partial charge in [-0.3, -0.25) is 0 Å². The van der Waals surface area contributed by atoms with Crippen LogP contribution in [0.5, 0.6) is 0 Å². The Hall–Kier alpha value is -7.13. The number of aromatic nitrogens is 1. The Morgan fingerprint density at radius 2 is 1.33 bits per heavy atom. The van der Waals surface area contributed by atoms with E-state index in [0.717, 1.165) is 77.8 Å². The van der Waals surface area contributed by atoms with Crippen LogP contribution < -0.4 is 5.32 Å². The van der Waals surface area contributed by atoms with E-state index in [1.54, 1.807) is 0 Å². The largest absolute Gasteiger partial charge is 0.355 e. The summed E-state index contributed by atoms with van der Waals surface area (Å²) in [5, 5.41) is 35.4. The lowest BCUT2D eigenvalue weighted by Crippen LogP contribution is -2.13. The summed E-state index contributed by atoms with van der Waals surface area (Å²) in [6, 6.07) is 52.1. The van der Waals surface area contributed by atoms with Crippen molar-refractivity contribution in [1.29, 1.82) is 15.8 Å². The van der Waals surface area contributed by atoms with Crippen molar-refractivity contribution in [2.45, 2.75) is 13.3 Å². The number of nitriles is 3. The summed E-state index contributed by atoms with van der Waals surface area (Å²) < 4.78 is 2.26. The van der Waals surface area contributed by atoms with E-state index in [0.29, 0.717) is 17.5 Å². The van der Waals surface area contributed by atoms with Crippen LogP contribution in [0.25, 0.3) is 55.3 Å². The second kappa shape index (κ2) is 13.1. The van der Waals surface area contributed by atoms with Gasteiger partial charge in [-0.1, -0.05) is 84.9 Å². The lowest BCUT2D eigenvalue weighted by molar-refractivity contribution is 0.849. The summed E-state index contributed by atoms with van der Waals surface area (Å²) in [6.45, 7) is 2.07. The number of hydrogen-bond donors (Lipinski definition) is 1. The predicted octanol–water partition coefficient (Wildman–Crippen LogP) is 11.1. The van der Waals surface area contributed by atoms with Gasteiger partial charge in [-0.05, 0) is 102 Å². The Kier molecular flexibility index (Phi) is 7.98. The lowest BCUT2D eigenvalue weighted by Gasteiger charge is -2.24. The summed E-state index contributed by atoms with van der Waals surface area (Å²) in [5.41, 5.74) is 13.2. The molecule has 1 unspecified atom stereocenters. The van der Waals surface area contributed by atoms with Gasteiger partial charge in [0.1, 0.15) is 0 Å². The summed E-state index contributed by atoms with van der Waals surface area (Å²) in [5.74, 6) is -0.292. The fraction of sp³-hybridized carbons (Fsp3) is 0.0652. The molecule has 8 rings (SSSR count). The van der Waals surface area contributed by atoms with Crippen molar-refractivity contribution in [3.8, 4) is 46.1 Å². The molecule has 6 aromatic carbocycles. The maximum atomic E-state index is 10.2. The van der Waals surface area contributed by atoms with Crippen molar-refractivity contribution in [2.24, 2.45) is 5.92 Å². The number of fused-ring (bicyclic) bond motifs is 3. The van der Waals surface area contributed by atoms with Crippen LogP contribution in [0.2, 0.25) is 0 Å². The van der Waals surface area contributed by atoms with Crippen LogP contribution in [0, 0.1) is 46.8 Å². The maximum absolute atomic E-state index is 10.2. The average Bonchev–Trinajstić information content (AvgIpc) is 3.52. The monoisotopic (exact) mass is 653 g/mol. The van der Waals surface area contributed by atoms with E-state index >= 15 is 0 Å². The molecule has 1 atom stereocenters. The Bertz CT molecular complexity index is 2700. The molecule has 1 aliphatic carbocycles. The van der Waals surface area contributed by atoms with Gasteiger partial charge in [0.25, 0.3) is 0 Å². The molecule has 5 heteroatoms. The standard InChI is InChI=1S/C46H31N5/c1-30-9-2-3-15-38(30)46-36(29-49)13-8-17-42(46)50-43-24-32(28-48)19-21-39(43)35-12-6-10-33(25-35)34-11-7-14-37(26-34)51-44-18-5-4-16-40(44)41-23-31(27-47)20-22-45(41)51/h2-12,14-26,36,50H,13H2,1H3. The number of hydrogen-bond acceptors (Lipinski definition) is 4. The van der Waals surface area contributed by atoms with Crippen molar-refractivity contribution in [1.82, 2.24) is 4.57 Å². The summed E-state index contributed by atoms with van der Waals surface area (Å²) in [6.07, 6.45) is 4.74. The highest BCUT2D eigenvalue weighted by molar-refractivity contribution is 6.09. The molecule has 0 radical (unpaired) electrons. The Morgan fingerprint density at radius 3 is 2.16 bits per heavy atom. The molecule has 1 heterocycles. The van der Waals surface area contributed by atoms with Gasteiger partial charge in [0.15, 0.2) is 0 Å². The van der Waals surface area contributed by atoms with Crippen molar-refractivity contribution in [3.05, 3.63) is 174 Å². The second-order valence-corrected chi connectivity index (χ2v) is 12.8. The van der Waals surface area contributed by atoms with Crippen LogP contribution in [0.4, 0.5) is 5.69 Å². The van der Waals surface area contributed by atoms with Gasteiger partial charge >= 0.3 is 0 Å². The van der Waals surface area contributed by atoms with E-state index in [-0.39, 0.29) is 5.92 Å². The minimum Gasteiger partial charge on any atom is -0.355 e. The number of benzene rings is 6. The quantitative estimate of drug-likeness (QED) is 0.193. The normalized spacial score (nSPS) is 13.9. The van der Waals surface area contributed by atoms with E-state index in [2.05, 4.69) is 114 Å². The van der Waals surface area contributed by atoms with Crippen LogP contribution in [0.3, 0.4) is 0 Å². The van der Waals surface area contributed by atoms with E-state index in [1.807, 2.05) is 66.7 Å². The second-order valence-electron chi connectivity index (χ2n) is 12.8. The van der Waals surface area contributed by atoms with E-state index in [4.69, 9.17) is 0 Å². The summed E-state index contributed by atoms with van der Waals surface area (Å²) in [4.78, 5) is 0. The fourth-order valence-corrected chi connectivity index (χ4v) is 7.28. The third kappa shape index (κ3) is 5.62. The first-order chi connectivity index (χ1) is 25.1. The summed E-state index contributed by atoms with van der Waals surface area (Å²) >= 11 is 0. The molecule has 1 aromatic heterocycles. The number of aryl methyl sites for hydroxylation is 1. The Labute approximate surface area is 296 Å². The predicted molar refractivity (Wildman–Crippen MR) is 206 cm³/mol. The number of nitrogens with one attached hydrogen (secondary N) is 1. The van der Waals surface area contributed by atoms with E-state index < -0.39 is 0 Å². The number of nitrogens with zero attached hydrogens (tertiary/aromatic N) is 4. The van der Waals surface area contributed by atoms with Gasteiger partial charge < -0.3 is 9.88 Å². The first-order valence-electron chi connectivity index (χ1n) is 16.9. The molecule has 7 aromatic rings. The molecule has 1 aliphatic rings. The zero-order valence-electron chi connectivity index (χ0n) is 27.9. The first kappa shape index (κ1) is 31.2. The molecule has 0 saturated carbocycles. The van der Waals surface area contributed by atoms with Crippen LogP contribution in [-0.2, 0) is 0 Å². The Morgan fingerprint density at radius 1 is 0.627 bits per heavy atom. The molecule has 0 fully saturated rings. The van der Waals surface area contributed by atoms with Crippen molar-refractivity contribution in [3.63, 3.8) is 0 Å². The maximum Gasteiger partial charge on any atom is 0.0992 e. The van der Waals surface area contributed by atoms with Gasteiger partial charge in [0.05, 0.1) is 46.3 Å². The zero-order chi connectivity index (χ0) is 34.9. The molecule has 0 spiro atoms. The third-order valence-corrected chi connectivity index (χ3v) is 9.72. The van der Waals surface area contributed by atoms with Crippen LogP contribution >= 0.6 is 0 Å².